The lowest BCUT2D eigenvalue weighted by atomic mass is 10.3. The zero-order chi connectivity index (χ0) is 14.8. The number of hydrogen-bond donors (Lipinski definition) is 1. The zero-order valence-corrected chi connectivity index (χ0v) is 11.3. The lowest BCUT2D eigenvalue weighted by Crippen LogP contribution is -2.42. The van der Waals surface area contributed by atoms with Crippen molar-refractivity contribution in [3.05, 3.63) is 34.4 Å². The van der Waals surface area contributed by atoms with Crippen LogP contribution in [0.25, 0.3) is 0 Å². The van der Waals surface area contributed by atoms with E-state index < -0.39 is 20.7 Å². The van der Waals surface area contributed by atoms with E-state index >= 15 is 0 Å². The van der Waals surface area contributed by atoms with Crippen LogP contribution < -0.4 is 0 Å². The van der Waals surface area contributed by atoms with Gasteiger partial charge in [0.1, 0.15) is 0 Å². The van der Waals surface area contributed by atoms with Gasteiger partial charge in [0.05, 0.1) is 20.3 Å². The van der Waals surface area contributed by atoms with Crippen molar-refractivity contribution in [1.82, 2.24) is 4.90 Å². The van der Waals surface area contributed by atoms with Crippen LogP contribution in [0.5, 0.6) is 0 Å². The molecule has 1 fully saturated rings. The van der Waals surface area contributed by atoms with E-state index in [-0.39, 0.29) is 30.3 Å². The average molecular weight is 299 g/mol. The number of carbonyl (C=O) groups is 1. The van der Waals surface area contributed by atoms with E-state index in [1.165, 1.54) is 29.2 Å². The number of nitro benzene ring substituents is 1. The van der Waals surface area contributed by atoms with Crippen molar-refractivity contribution in [1.29, 1.82) is 0 Å². The number of amides is 1. The molecule has 8 nitrogen and oxygen atoms in total. The van der Waals surface area contributed by atoms with Crippen LogP contribution in [0.2, 0.25) is 0 Å². The van der Waals surface area contributed by atoms with Crippen molar-refractivity contribution in [3.8, 4) is 0 Å². The van der Waals surface area contributed by atoms with Crippen LogP contribution in [-0.2, 0) is 9.73 Å². The average Bonchev–Trinajstić information content (AvgIpc) is 2.39. The van der Waals surface area contributed by atoms with Crippen molar-refractivity contribution >= 4 is 27.2 Å². The molecule has 1 heterocycles. The number of non-ortho nitro benzene ring substituents is 1. The quantitative estimate of drug-likeness (QED) is 0.659. The molecule has 1 saturated heterocycles. The maximum Gasteiger partial charge on any atom is 0.407 e. The van der Waals surface area contributed by atoms with Gasteiger partial charge in [0.15, 0.2) is 0 Å². The summed E-state index contributed by atoms with van der Waals surface area (Å²) in [6, 6.07) is 5.48. The van der Waals surface area contributed by atoms with E-state index in [1.807, 2.05) is 0 Å². The molecular formula is C11H13N3O5S. The normalized spacial score (nSPS) is 17.5. The fourth-order valence-corrected chi connectivity index (χ4v) is 3.73. The van der Waals surface area contributed by atoms with Gasteiger partial charge >= 0.3 is 6.09 Å². The highest BCUT2D eigenvalue weighted by Gasteiger charge is 2.23. The highest BCUT2D eigenvalue weighted by molar-refractivity contribution is 7.93. The highest BCUT2D eigenvalue weighted by atomic mass is 32.2. The first kappa shape index (κ1) is 14.3. The monoisotopic (exact) mass is 299 g/mol. The molecule has 1 aromatic rings. The largest absolute Gasteiger partial charge is 0.465 e. The fourth-order valence-electron chi connectivity index (χ4n) is 1.83. The molecule has 0 saturated carbocycles. The zero-order valence-electron chi connectivity index (χ0n) is 10.5. The van der Waals surface area contributed by atoms with Crippen LogP contribution in [0.1, 0.15) is 0 Å². The molecule has 0 unspecified atom stereocenters. The van der Waals surface area contributed by atoms with E-state index in [9.17, 15) is 19.1 Å². The smallest absolute Gasteiger partial charge is 0.407 e. The Hall–Kier alpha value is -2.16. The number of hydrogen-bond acceptors (Lipinski definition) is 5. The minimum atomic E-state index is -2.49. The summed E-state index contributed by atoms with van der Waals surface area (Å²) in [6.07, 6.45) is -1.03. The second-order valence-corrected chi connectivity index (χ2v) is 6.86. The van der Waals surface area contributed by atoms with E-state index in [2.05, 4.69) is 4.36 Å². The van der Waals surface area contributed by atoms with Gasteiger partial charge in [-0.1, -0.05) is 0 Å². The Morgan fingerprint density at radius 3 is 2.30 bits per heavy atom. The topological polar surface area (TPSA) is 113 Å². The molecule has 1 aliphatic rings. The maximum atomic E-state index is 12.4. The minimum absolute atomic E-state index is 0.0559. The van der Waals surface area contributed by atoms with Gasteiger partial charge < -0.3 is 10.0 Å². The predicted molar refractivity (Wildman–Crippen MR) is 72.7 cm³/mol. The molecule has 20 heavy (non-hydrogen) atoms. The Morgan fingerprint density at radius 1 is 1.30 bits per heavy atom. The van der Waals surface area contributed by atoms with Gasteiger partial charge in [-0.05, 0) is 12.1 Å². The predicted octanol–water partition coefficient (Wildman–Crippen LogP) is 1.69. The minimum Gasteiger partial charge on any atom is -0.465 e. The number of nitrogens with zero attached hydrogens (tertiary/aromatic N) is 3. The molecule has 1 aliphatic heterocycles. The Labute approximate surface area is 115 Å². The van der Waals surface area contributed by atoms with Crippen LogP contribution in [0.15, 0.2) is 28.6 Å². The van der Waals surface area contributed by atoms with Crippen LogP contribution in [0.4, 0.5) is 16.2 Å². The molecule has 0 aliphatic carbocycles. The van der Waals surface area contributed by atoms with Crippen molar-refractivity contribution < 1.29 is 19.0 Å². The molecule has 2 rings (SSSR count). The Bertz CT molecular complexity index is 635. The van der Waals surface area contributed by atoms with E-state index in [1.54, 1.807) is 0 Å². The van der Waals surface area contributed by atoms with Gasteiger partial charge in [0.25, 0.3) is 5.69 Å². The third-order valence-electron chi connectivity index (χ3n) is 2.96. The second kappa shape index (κ2) is 5.45. The summed E-state index contributed by atoms with van der Waals surface area (Å²) >= 11 is 0. The molecule has 1 amide bonds. The van der Waals surface area contributed by atoms with Gasteiger partial charge in [0, 0.05) is 36.7 Å². The number of rotatable bonds is 2. The van der Waals surface area contributed by atoms with Gasteiger partial charge in [-0.15, -0.1) is 0 Å². The first-order chi connectivity index (χ1) is 9.39. The van der Waals surface area contributed by atoms with Gasteiger partial charge in [-0.2, -0.15) is 4.36 Å². The first-order valence-corrected chi connectivity index (χ1v) is 7.70. The standard InChI is InChI=1S/C11H13N3O5S/c15-11(16)13-5-7-20(19,8-6-13)12-9-1-3-10(4-2-9)14(17)18/h1-4H,5-8H2,(H,15,16). The van der Waals surface area contributed by atoms with Crippen molar-refractivity contribution in [2.75, 3.05) is 24.6 Å². The van der Waals surface area contributed by atoms with Crippen molar-refractivity contribution in [2.24, 2.45) is 4.36 Å². The Kier molecular flexibility index (Phi) is 3.89. The summed E-state index contributed by atoms with van der Waals surface area (Å²) < 4.78 is 16.6. The van der Waals surface area contributed by atoms with Gasteiger partial charge in [-0.25, -0.2) is 9.00 Å². The number of nitro groups is 1. The molecule has 0 aromatic heterocycles. The fraction of sp³-hybridized carbons (Fsp3) is 0.364. The van der Waals surface area contributed by atoms with Crippen molar-refractivity contribution in [2.45, 2.75) is 0 Å². The summed E-state index contributed by atoms with van der Waals surface area (Å²) in [5.41, 5.74) is 0.351. The first-order valence-electron chi connectivity index (χ1n) is 5.84. The second-order valence-electron chi connectivity index (χ2n) is 4.32. The molecule has 0 bridgehead atoms. The Morgan fingerprint density at radius 2 is 1.85 bits per heavy atom. The molecule has 9 heteroatoms. The summed E-state index contributed by atoms with van der Waals surface area (Å²) in [6.45, 7) is 0.370. The summed E-state index contributed by atoms with van der Waals surface area (Å²) in [7, 11) is -2.49. The lowest BCUT2D eigenvalue weighted by molar-refractivity contribution is -0.384. The van der Waals surface area contributed by atoms with E-state index in [0.717, 1.165) is 0 Å². The van der Waals surface area contributed by atoms with Gasteiger partial charge in [0.2, 0.25) is 0 Å². The summed E-state index contributed by atoms with van der Waals surface area (Å²) in [5, 5.41) is 19.3. The Balaban J connectivity index is 2.16. The number of carboxylic acid groups (broad SMARTS) is 1. The SMILES string of the molecule is O=C(O)N1CCS(=O)(=Nc2ccc([N+](=O)[O-])cc2)CC1. The van der Waals surface area contributed by atoms with Crippen LogP contribution >= 0.6 is 0 Å². The lowest BCUT2D eigenvalue weighted by Gasteiger charge is -2.26. The van der Waals surface area contributed by atoms with Crippen molar-refractivity contribution in [3.63, 3.8) is 0 Å². The third-order valence-corrected chi connectivity index (χ3v) is 5.15. The molecular weight excluding hydrogens is 286 g/mol. The maximum absolute atomic E-state index is 12.4. The molecule has 1 aromatic carbocycles. The van der Waals surface area contributed by atoms with Crippen LogP contribution in [0, 0.1) is 10.1 Å². The van der Waals surface area contributed by atoms with E-state index in [4.69, 9.17) is 5.11 Å². The van der Waals surface area contributed by atoms with E-state index in [0.29, 0.717) is 5.69 Å². The molecule has 0 radical (unpaired) electrons. The number of benzene rings is 1. The third kappa shape index (κ3) is 3.23. The van der Waals surface area contributed by atoms with Crippen LogP contribution in [-0.4, -0.2) is 49.8 Å². The molecule has 0 atom stereocenters. The van der Waals surface area contributed by atoms with Crippen LogP contribution in [0.3, 0.4) is 0 Å². The van der Waals surface area contributed by atoms with Gasteiger partial charge in [-0.3, -0.25) is 10.1 Å². The highest BCUT2D eigenvalue weighted by Crippen LogP contribution is 2.21. The molecule has 0 spiro atoms. The molecule has 108 valence electrons. The molecule has 1 N–H and O–H groups in total. The summed E-state index contributed by atoms with van der Waals surface area (Å²) in [5.74, 6) is 0.354. The summed E-state index contributed by atoms with van der Waals surface area (Å²) in [4.78, 5) is 22.0.